The number of hydroxylamine groups is 1. The highest BCUT2D eigenvalue weighted by atomic mass is 16.5. The molecule has 0 saturated carbocycles. The summed E-state index contributed by atoms with van der Waals surface area (Å²) in [6.07, 6.45) is 1.53. The molecule has 2 heterocycles. The van der Waals surface area contributed by atoms with E-state index in [-0.39, 0.29) is 11.8 Å². The fourth-order valence-corrected chi connectivity index (χ4v) is 2.97. The predicted octanol–water partition coefficient (Wildman–Crippen LogP) is 0.953. The van der Waals surface area contributed by atoms with E-state index >= 15 is 0 Å². The lowest BCUT2D eigenvalue weighted by Crippen LogP contribution is -2.39. The number of carbonyl (C=O) groups is 2. The molecule has 7 nitrogen and oxygen atoms in total. The fourth-order valence-electron chi connectivity index (χ4n) is 2.97. The van der Waals surface area contributed by atoms with Gasteiger partial charge in [0.15, 0.2) is 0 Å². The molecule has 0 unspecified atom stereocenters. The Labute approximate surface area is 134 Å². The smallest absolute Gasteiger partial charge is 0.274 e. The van der Waals surface area contributed by atoms with Crippen LogP contribution in [0.25, 0.3) is 0 Å². The van der Waals surface area contributed by atoms with E-state index in [2.05, 4.69) is 0 Å². The van der Waals surface area contributed by atoms with Gasteiger partial charge in [-0.15, -0.1) is 0 Å². The SMILES string of the molecule is O=C(NO)c1ccc2c(c1)OCCN(C(=O)C1CCOCC1)C2. The first-order valence-corrected chi connectivity index (χ1v) is 7.75. The van der Waals surface area contributed by atoms with Gasteiger partial charge in [-0.2, -0.15) is 0 Å². The zero-order valence-electron chi connectivity index (χ0n) is 12.8. The molecule has 0 spiro atoms. The van der Waals surface area contributed by atoms with Crippen molar-refractivity contribution in [2.45, 2.75) is 19.4 Å². The zero-order valence-corrected chi connectivity index (χ0v) is 12.8. The van der Waals surface area contributed by atoms with Crippen molar-refractivity contribution in [1.82, 2.24) is 10.4 Å². The summed E-state index contributed by atoms with van der Waals surface area (Å²) in [5.74, 6) is 0.149. The zero-order chi connectivity index (χ0) is 16.2. The molecule has 23 heavy (non-hydrogen) atoms. The third kappa shape index (κ3) is 3.46. The summed E-state index contributed by atoms with van der Waals surface area (Å²) >= 11 is 0. The molecule has 2 aliphatic rings. The molecule has 2 aliphatic heterocycles. The van der Waals surface area contributed by atoms with E-state index in [0.717, 1.165) is 18.4 Å². The van der Waals surface area contributed by atoms with Crippen molar-refractivity contribution in [3.8, 4) is 5.75 Å². The molecule has 0 radical (unpaired) electrons. The number of amides is 2. The average molecular weight is 320 g/mol. The summed E-state index contributed by atoms with van der Waals surface area (Å²) in [4.78, 5) is 25.9. The van der Waals surface area contributed by atoms with Gasteiger partial charge in [0.1, 0.15) is 12.4 Å². The van der Waals surface area contributed by atoms with Gasteiger partial charge in [0.2, 0.25) is 5.91 Å². The molecular formula is C16H20N2O5. The van der Waals surface area contributed by atoms with Gasteiger partial charge >= 0.3 is 0 Å². The number of hydrogen-bond acceptors (Lipinski definition) is 5. The number of carbonyl (C=O) groups excluding carboxylic acids is 2. The van der Waals surface area contributed by atoms with E-state index in [1.54, 1.807) is 23.7 Å². The molecule has 1 aromatic rings. The summed E-state index contributed by atoms with van der Waals surface area (Å²) in [5, 5.41) is 8.70. The summed E-state index contributed by atoms with van der Waals surface area (Å²) in [6, 6.07) is 4.95. The Morgan fingerprint density at radius 1 is 1.22 bits per heavy atom. The van der Waals surface area contributed by atoms with Gasteiger partial charge in [0.05, 0.1) is 6.54 Å². The molecule has 124 valence electrons. The number of benzene rings is 1. The molecule has 1 saturated heterocycles. The van der Waals surface area contributed by atoms with Crippen LogP contribution in [0.2, 0.25) is 0 Å². The Hall–Kier alpha value is -2.12. The van der Waals surface area contributed by atoms with Gasteiger partial charge in [-0.3, -0.25) is 14.8 Å². The van der Waals surface area contributed by atoms with Crippen molar-refractivity contribution in [1.29, 1.82) is 0 Å². The van der Waals surface area contributed by atoms with Crippen LogP contribution in [-0.4, -0.2) is 48.3 Å². The number of fused-ring (bicyclic) bond motifs is 1. The van der Waals surface area contributed by atoms with E-state index < -0.39 is 5.91 Å². The van der Waals surface area contributed by atoms with Crippen LogP contribution in [0.1, 0.15) is 28.8 Å². The first-order chi connectivity index (χ1) is 11.2. The average Bonchev–Trinajstić information content (AvgIpc) is 2.82. The second-order valence-electron chi connectivity index (χ2n) is 5.76. The Bertz CT molecular complexity index is 598. The Kier molecular flexibility index (Phi) is 4.78. The first kappa shape index (κ1) is 15.8. The summed E-state index contributed by atoms with van der Waals surface area (Å²) < 4.78 is 11.0. The number of rotatable bonds is 2. The third-order valence-electron chi connectivity index (χ3n) is 4.29. The van der Waals surface area contributed by atoms with Crippen LogP contribution < -0.4 is 10.2 Å². The molecule has 0 aliphatic carbocycles. The van der Waals surface area contributed by atoms with Gasteiger partial charge in [-0.05, 0) is 25.0 Å². The Balaban J connectivity index is 1.75. The van der Waals surface area contributed by atoms with Crippen LogP contribution in [0.15, 0.2) is 18.2 Å². The molecule has 0 aromatic heterocycles. The predicted molar refractivity (Wildman–Crippen MR) is 80.1 cm³/mol. The summed E-state index contributed by atoms with van der Waals surface area (Å²) in [5.41, 5.74) is 2.78. The fraction of sp³-hybridized carbons (Fsp3) is 0.500. The Morgan fingerprint density at radius 2 is 2.00 bits per heavy atom. The third-order valence-corrected chi connectivity index (χ3v) is 4.29. The lowest BCUT2D eigenvalue weighted by molar-refractivity contribution is -0.139. The first-order valence-electron chi connectivity index (χ1n) is 7.75. The largest absolute Gasteiger partial charge is 0.491 e. The Morgan fingerprint density at radius 3 is 2.74 bits per heavy atom. The van der Waals surface area contributed by atoms with Crippen LogP contribution in [-0.2, 0) is 16.1 Å². The topological polar surface area (TPSA) is 88.1 Å². The summed E-state index contributed by atoms with van der Waals surface area (Å²) in [6.45, 7) is 2.64. The minimum atomic E-state index is -0.587. The maximum atomic E-state index is 12.7. The van der Waals surface area contributed by atoms with E-state index in [4.69, 9.17) is 14.7 Å². The van der Waals surface area contributed by atoms with E-state index in [9.17, 15) is 9.59 Å². The van der Waals surface area contributed by atoms with Crippen LogP contribution in [0, 0.1) is 5.92 Å². The highest BCUT2D eigenvalue weighted by molar-refractivity contribution is 5.93. The van der Waals surface area contributed by atoms with Crippen molar-refractivity contribution >= 4 is 11.8 Å². The summed E-state index contributed by atoms with van der Waals surface area (Å²) in [7, 11) is 0. The van der Waals surface area contributed by atoms with E-state index in [0.29, 0.717) is 44.2 Å². The highest BCUT2D eigenvalue weighted by Crippen LogP contribution is 2.26. The molecule has 1 aromatic carbocycles. The second kappa shape index (κ2) is 6.97. The van der Waals surface area contributed by atoms with Crippen molar-refractivity contribution < 1.29 is 24.3 Å². The van der Waals surface area contributed by atoms with Crippen molar-refractivity contribution in [3.05, 3.63) is 29.3 Å². The quantitative estimate of drug-likeness (QED) is 0.626. The standard InChI is InChI=1S/C16H20N2O5/c19-15(17-21)12-1-2-13-10-18(5-8-23-14(13)9-12)16(20)11-3-6-22-7-4-11/h1-2,9,11,21H,3-8,10H2,(H,17,19). The van der Waals surface area contributed by atoms with Crippen molar-refractivity contribution in [2.24, 2.45) is 5.92 Å². The minimum absolute atomic E-state index is 0.0183. The maximum absolute atomic E-state index is 12.7. The molecule has 2 N–H and O–H groups in total. The van der Waals surface area contributed by atoms with Gasteiger partial charge in [0.25, 0.3) is 5.91 Å². The lowest BCUT2D eigenvalue weighted by atomic mass is 9.98. The van der Waals surface area contributed by atoms with Crippen LogP contribution in [0.4, 0.5) is 0 Å². The molecule has 3 rings (SSSR count). The number of nitrogens with zero attached hydrogens (tertiary/aromatic N) is 1. The monoisotopic (exact) mass is 320 g/mol. The molecule has 0 atom stereocenters. The second-order valence-corrected chi connectivity index (χ2v) is 5.76. The highest BCUT2D eigenvalue weighted by Gasteiger charge is 2.28. The molecule has 0 bridgehead atoms. The number of hydrogen-bond donors (Lipinski definition) is 2. The van der Waals surface area contributed by atoms with Crippen LogP contribution in [0.3, 0.4) is 0 Å². The molecule has 1 fully saturated rings. The van der Waals surface area contributed by atoms with Gasteiger partial charge in [0, 0.05) is 36.8 Å². The number of ether oxygens (including phenoxy) is 2. The minimum Gasteiger partial charge on any atom is -0.491 e. The maximum Gasteiger partial charge on any atom is 0.274 e. The van der Waals surface area contributed by atoms with E-state index in [1.807, 2.05) is 4.90 Å². The molecule has 7 heteroatoms. The van der Waals surface area contributed by atoms with Gasteiger partial charge in [-0.1, -0.05) is 6.07 Å². The normalized spacial score (nSPS) is 18.6. The lowest BCUT2D eigenvalue weighted by Gasteiger charge is -2.28. The molecule has 2 amide bonds. The van der Waals surface area contributed by atoms with Gasteiger partial charge in [-0.25, -0.2) is 5.48 Å². The molecular weight excluding hydrogens is 300 g/mol. The number of nitrogens with one attached hydrogen (secondary N) is 1. The van der Waals surface area contributed by atoms with E-state index in [1.165, 1.54) is 0 Å². The van der Waals surface area contributed by atoms with Crippen LogP contribution in [0.5, 0.6) is 5.75 Å². The van der Waals surface area contributed by atoms with Crippen molar-refractivity contribution in [3.63, 3.8) is 0 Å². The van der Waals surface area contributed by atoms with Crippen LogP contribution >= 0.6 is 0 Å². The van der Waals surface area contributed by atoms with Crippen molar-refractivity contribution in [2.75, 3.05) is 26.4 Å². The van der Waals surface area contributed by atoms with Gasteiger partial charge < -0.3 is 14.4 Å².